The summed E-state index contributed by atoms with van der Waals surface area (Å²) in [6.45, 7) is 0. The topological polar surface area (TPSA) is 58.0 Å². The predicted molar refractivity (Wildman–Crippen MR) is 39.5 cm³/mol. The number of rotatable bonds is 0. The molecule has 4 nitrogen and oxygen atoms in total. The lowest BCUT2D eigenvalue weighted by atomic mass is 10.6. The van der Waals surface area contributed by atoms with E-state index in [0.29, 0.717) is 0 Å². The van der Waals surface area contributed by atoms with E-state index in [1.165, 1.54) is 7.11 Å². The van der Waals surface area contributed by atoms with Crippen molar-refractivity contribution in [3.63, 3.8) is 0 Å². The van der Waals surface area contributed by atoms with Crippen LogP contribution < -0.4 is 0 Å². The fraction of sp³-hybridized carbons (Fsp3) is 0.143. The molecule has 4 heteroatoms. The second kappa shape index (κ2) is 7.79. The summed E-state index contributed by atoms with van der Waals surface area (Å²) >= 11 is 0. The van der Waals surface area contributed by atoms with E-state index in [1.807, 2.05) is 0 Å². The van der Waals surface area contributed by atoms with Gasteiger partial charge >= 0.3 is 0 Å². The average Bonchev–Trinajstić information content (AvgIpc) is 2.03. The first-order chi connectivity index (χ1) is 5.41. The maximum absolute atomic E-state index is 7.77. The molecule has 0 unspecified atom stereocenters. The molecule has 0 amide bonds. The largest absolute Gasteiger partial charge is 0.449 e. The Morgan fingerprint density at radius 1 is 1.27 bits per heavy atom. The van der Waals surface area contributed by atoms with E-state index >= 15 is 0 Å². The van der Waals surface area contributed by atoms with Crippen molar-refractivity contribution in [1.82, 2.24) is 0 Å². The Labute approximate surface area is 64.2 Å². The van der Waals surface area contributed by atoms with Gasteiger partial charge in [-0.1, -0.05) is 0 Å². The maximum atomic E-state index is 7.77. The summed E-state index contributed by atoms with van der Waals surface area (Å²) < 4.78 is 4.38. The Bertz CT molecular complexity index is 333. The van der Waals surface area contributed by atoms with Gasteiger partial charge in [-0.2, -0.15) is 0 Å². The van der Waals surface area contributed by atoms with Crippen LogP contribution >= 0.6 is 0 Å². The standard InChI is InChI=1S/C7H3N3O/c1-11-7-5-3-2-4-6-9-10-8/h1H3. The molecule has 0 saturated heterocycles. The lowest BCUT2D eigenvalue weighted by Gasteiger charge is -1.69. The van der Waals surface area contributed by atoms with Gasteiger partial charge in [-0.05, 0) is 22.5 Å². The maximum Gasteiger partial charge on any atom is 0.124 e. The summed E-state index contributed by atoms with van der Waals surface area (Å²) in [6.07, 6.45) is 2.24. The molecule has 0 radical (unpaired) electrons. The summed E-state index contributed by atoms with van der Waals surface area (Å²) in [4.78, 5) is 2.39. The third kappa shape index (κ3) is 7.79. The van der Waals surface area contributed by atoms with E-state index in [4.69, 9.17) is 5.53 Å². The molecular weight excluding hydrogens is 142 g/mol. The molecule has 0 aromatic heterocycles. The van der Waals surface area contributed by atoms with Crippen molar-refractivity contribution in [1.29, 1.82) is 0 Å². The van der Waals surface area contributed by atoms with Crippen molar-refractivity contribution >= 4 is 0 Å². The third-order valence-corrected chi connectivity index (χ3v) is 0.491. The van der Waals surface area contributed by atoms with Crippen molar-refractivity contribution in [2.45, 2.75) is 0 Å². The molecule has 0 rings (SSSR count). The highest BCUT2D eigenvalue weighted by Crippen LogP contribution is 1.61. The number of hydrogen-bond donors (Lipinski definition) is 0. The van der Waals surface area contributed by atoms with Gasteiger partial charge in [0, 0.05) is 22.8 Å². The molecule has 0 aromatic rings. The molecule has 0 atom stereocenters. The summed E-state index contributed by atoms with van der Waals surface area (Å²) in [7, 11) is 1.43. The molecule has 0 heterocycles. The van der Waals surface area contributed by atoms with Gasteiger partial charge in [0.25, 0.3) is 0 Å². The molecule has 0 spiro atoms. The third-order valence-electron chi connectivity index (χ3n) is 0.491. The second-order valence-corrected chi connectivity index (χ2v) is 1.11. The van der Waals surface area contributed by atoms with Gasteiger partial charge in [0.05, 0.1) is 7.11 Å². The van der Waals surface area contributed by atoms with E-state index in [9.17, 15) is 0 Å². The first-order valence-corrected chi connectivity index (χ1v) is 2.49. The van der Waals surface area contributed by atoms with Crippen molar-refractivity contribution in [2.75, 3.05) is 7.11 Å². The highest BCUT2D eigenvalue weighted by atomic mass is 16.5. The molecule has 0 aliphatic heterocycles. The fourth-order valence-electron chi connectivity index (χ4n) is 0.214. The number of azide groups is 1. The zero-order chi connectivity index (χ0) is 8.36. The lowest BCUT2D eigenvalue weighted by Crippen LogP contribution is -1.61. The first-order valence-electron chi connectivity index (χ1n) is 2.49. The van der Waals surface area contributed by atoms with Gasteiger partial charge in [-0.25, -0.2) is 0 Å². The number of hydrogen-bond acceptors (Lipinski definition) is 2. The monoisotopic (exact) mass is 145 g/mol. The van der Waals surface area contributed by atoms with E-state index in [0.717, 1.165) is 0 Å². The minimum absolute atomic E-state index is 1.43. The summed E-state index contributed by atoms with van der Waals surface area (Å²) in [5.74, 6) is 9.27. The Morgan fingerprint density at radius 2 is 2.00 bits per heavy atom. The summed E-state index contributed by atoms with van der Waals surface area (Å²) in [6, 6.07) is 2.09. The van der Waals surface area contributed by atoms with Crippen molar-refractivity contribution in [3.05, 3.63) is 10.4 Å². The van der Waals surface area contributed by atoms with Gasteiger partial charge in [0.2, 0.25) is 0 Å². The smallest absolute Gasteiger partial charge is 0.124 e. The predicted octanol–water partition coefficient (Wildman–Crippen LogP) is 0.868. The first kappa shape index (κ1) is 8.79. The van der Waals surface area contributed by atoms with Crippen LogP contribution in [0, 0.1) is 35.8 Å². The van der Waals surface area contributed by atoms with Crippen LogP contribution in [0.3, 0.4) is 0 Å². The molecule has 0 saturated carbocycles. The SMILES string of the molecule is COC#CC#CC#CN=[N+]=[N-]. The summed E-state index contributed by atoms with van der Waals surface area (Å²) in [5, 5.41) is 2.93. The Hall–Kier alpha value is -2.21. The molecule has 52 valence electrons. The molecule has 0 fully saturated rings. The Balaban J connectivity index is 3.93. The highest BCUT2D eigenvalue weighted by Gasteiger charge is 1.55. The van der Waals surface area contributed by atoms with Crippen LogP contribution in [-0.4, -0.2) is 7.11 Å². The number of methoxy groups -OCH3 is 1. The van der Waals surface area contributed by atoms with Gasteiger partial charge in [-0.3, -0.25) is 0 Å². The lowest BCUT2D eigenvalue weighted by molar-refractivity contribution is 0.372. The molecule has 0 aliphatic rings. The van der Waals surface area contributed by atoms with E-state index in [1.54, 1.807) is 0 Å². The molecule has 0 bridgehead atoms. The molecular formula is C7H3N3O. The van der Waals surface area contributed by atoms with Crippen molar-refractivity contribution in [2.24, 2.45) is 5.11 Å². The van der Waals surface area contributed by atoms with Gasteiger partial charge in [0.1, 0.15) is 6.11 Å². The minimum Gasteiger partial charge on any atom is -0.449 e. The van der Waals surface area contributed by atoms with E-state index in [2.05, 4.69) is 50.6 Å². The van der Waals surface area contributed by atoms with Crippen LogP contribution in [0.4, 0.5) is 0 Å². The Kier molecular flexibility index (Phi) is 6.22. The van der Waals surface area contributed by atoms with Gasteiger partial charge in [-0.15, -0.1) is 0 Å². The molecule has 0 aliphatic carbocycles. The second-order valence-electron chi connectivity index (χ2n) is 1.11. The van der Waals surface area contributed by atoms with Crippen LogP contribution in [-0.2, 0) is 4.74 Å². The van der Waals surface area contributed by atoms with Crippen molar-refractivity contribution in [3.8, 4) is 35.8 Å². The average molecular weight is 145 g/mol. The fourth-order valence-corrected chi connectivity index (χ4v) is 0.214. The number of ether oxygens (including phenoxy) is 1. The van der Waals surface area contributed by atoms with Gasteiger partial charge in [0.15, 0.2) is 0 Å². The quantitative estimate of drug-likeness (QED) is 0.216. The highest BCUT2D eigenvalue weighted by molar-refractivity contribution is 5.34. The normalized spacial score (nSPS) is 4.45. The molecule has 0 aromatic carbocycles. The number of nitrogens with zero attached hydrogens (tertiary/aromatic N) is 3. The van der Waals surface area contributed by atoms with Crippen molar-refractivity contribution < 1.29 is 4.74 Å². The van der Waals surface area contributed by atoms with Crippen LogP contribution in [0.2, 0.25) is 0 Å². The Morgan fingerprint density at radius 3 is 2.64 bits per heavy atom. The van der Waals surface area contributed by atoms with Crippen LogP contribution in [0.5, 0.6) is 0 Å². The van der Waals surface area contributed by atoms with Gasteiger partial charge < -0.3 is 4.74 Å². The summed E-state index contributed by atoms with van der Waals surface area (Å²) in [5.41, 5.74) is 7.77. The van der Waals surface area contributed by atoms with Crippen LogP contribution in [0.15, 0.2) is 5.11 Å². The zero-order valence-corrected chi connectivity index (χ0v) is 5.75. The van der Waals surface area contributed by atoms with Crippen LogP contribution in [0.25, 0.3) is 10.4 Å². The van der Waals surface area contributed by atoms with Crippen LogP contribution in [0.1, 0.15) is 0 Å². The minimum atomic E-state index is 1.43. The van der Waals surface area contributed by atoms with E-state index < -0.39 is 0 Å². The zero-order valence-electron chi connectivity index (χ0n) is 5.75. The molecule has 0 N–H and O–H groups in total. The molecule has 11 heavy (non-hydrogen) atoms. The van der Waals surface area contributed by atoms with E-state index in [-0.39, 0.29) is 0 Å².